The molecule has 0 bridgehead atoms. The van der Waals surface area contributed by atoms with Crippen LogP contribution in [0.5, 0.6) is 5.75 Å². The molecule has 0 aliphatic heterocycles. The van der Waals surface area contributed by atoms with Crippen molar-refractivity contribution in [1.29, 1.82) is 0 Å². The average Bonchev–Trinajstić information content (AvgIpc) is 3.03. The summed E-state index contributed by atoms with van der Waals surface area (Å²) in [5.74, 6) is 0.604. The first-order chi connectivity index (χ1) is 13.7. The highest BCUT2D eigenvalue weighted by atomic mass is 16.6. The van der Waals surface area contributed by atoms with Crippen LogP contribution < -0.4 is 9.64 Å². The predicted molar refractivity (Wildman–Crippen MR) is 113 cm³/mol. The molecule has 6 nitrogen and oxygen atoms in total. The Kier molecular flexibility index (Phi) is 5.64. The minimum absolute atomic E-state index is 0.0412. The molecule has 3 aromatic rings. The van der Waals surface area contributed by atoms with E-state index in [0.29, 0.717) is 11.4 Å². The van der Waals surface area contributed by atoms with Gasteiger partial charge in [0.15, 0.2) is 0 Å². The van der Waals surface area contributed by atoms with E-state index in [1.165, 1.54) is 6.92 Å². The zero-order chi connectivity index (χ0) is 21.2. The first-order valence-electron chi connectivity index (χ1n) is 9.45. The lowest BCUT2D eigenvalue weighted by atomic mass is 10.2. The second kappa shape index (κ2) is 7.99. The Labute approximate surface area is 170 Å². The molecule has 0 aliphatic carbocycles. The van der Waals surface area contributed by atoms with Gasteiger partial charge in [0.1, 0.15) is 18.0 Å². The van der Waals surface area contributed by atoms with E-state index in [2.05, 4.69) is 0 Å². The van der Waals surface area contributed by atoms with E-state index >= 15 is 0 Å². The molecule has 0 unspecified atom stereocenters. The maximum absolute atomic E-state index is 12.8. The molecule has 1 aromatic heterocycles. The number of hydrogen-bond acceptors (Lipinski definition) is 4. The van der Waals surface area contributed by atoms with Crippen LogP contribution in [0.25, 0.3) is 10.9 Å². The monoisotopic (exact) mass is 394 g/mol. The highest BCUT2D eigenvalue weighted by Gasteiger charge is 2.22. The molecule has 0 saturated carbocycles. The standard InChI is InChI=1S/C23H26N2O4/c1-16(26)24(5)18-10-12-20(13-11-18)28-15-19-14-17-8-6-7-9-21(17)25(19)22(27)29-23(2,3)4/h6-14H,15H2,1-5H3. The van der Waals surface area contributed by atoms with Crippen molar-refractivity contribution in [2.24, 2.45) is 0 Å². The smallest absolute Gasteiger partial charge is 0.419 e. The minimum Gasteiger partial charge on any atom is -0.487 e. The number of para-hydroxylation sites is 1. The van der Waals surface area contributed by atoms with Crippen molar-refractivity contribution in [2.45, 2.75) is 39.9 Å². The third-order valence-corrected chi connectivity index (χ3v) is 4.45. The van der Waals surface area contributed by atoms with Crippen LogP contribution in [0.15, 0.2) is 54.6 Å². The van der Waals surface area contributed by atoms with Gasteiger partial charge < -0.3 is 14.4 Å². The maximum atomic E-state index is 12.8. The van der Waals surface area contributed by atoms with Crippen molar-refractivity contribution in [3.8, 4) is 5.75 Å². The number of aromatic nitrogens is 1. The van der Waals surface area contributed by atoms with Crippen molar-refractivity contribution in [3.63, 3.8) is 0 Å². The molecular formula is C23H26N2O4. The number of nitrogens with zero attached hydrogens (tertiary/aromatic N) is 2. The highest BCUT2D eigenvalue weighted by molar-refractivity contribution is 5.91. The lowest BCUT2D eigenvalue weighted by Gasteiger charge is -2.21. The van der Waals surface area contributed by atoms with Gasteiger partial charge in [0, 0.05) is 25.0 Å². The van der Waals surface area contributed by atoms with Crippen LogP contribution in [0.1, 0.15) is 33.4 Å². The molecule has 6 heteroatoms. The molecule has 1 amide bonds. The van der Waals surface area contributed by atoms with Gasteiger partial charge in [-0.15, -0.1) is 0 Å². The molecule has 0 atom stereocenters. The number of fused-ring (bicyclic) bond motifs is 1. The Hall–Kier alpha value is -3.28. The number of hydrogen-bond donors (Lipinski definition) is 0. The third-order valence-electron chi connectivity index (χ3n) is 4.45. The maximum Gasteiger partial charge on any atom is 0.419 e. The van der Waals surface area contributed by atoms with Gasteiger partial charge in [-0.05, 0) is 57.2 Å². The lowest BCUT2D eigenvalue weighted by molar-refractivity contribution is -0.116. The zero-order valence-corrected chi connectivity index (χ0v) is 17.4. The van der Waals surface area contributed by atoms with Crippen LogP contribution in [-0.2, 0) is 16.1 Å². The molecule has 0 radical (unpaired) electrons. The van der Waals surface area contributed by atoms with Crippen molar-refractivity contribution < 1.29 is 19.1 Å². The first kappa shape index (κ1) is 20.5. The molecule has 1 heterocycles. The fraction of sp³-hybridized carbons (Fsp3) is 0.304. The number of anilines is 1. The van der Waals surface area contributed by atoms with E-state index in [-0.39, 0.29) is 12.5 Å². The van der Waals surface area contributed by atoms with Crippen LogP contribution >= 0.6 is 0 Å². The van der Waals surface area contributed by atoms with Crippen LogP contribution in [0, 0.1) is 0 Å². The van der Waals surface area contributed by atoms with Crippen LogP contribution in [0.2, 0.25) is 0 Å². The lowest BCUT2D eigenvalue weighted by Crippen LogP contribution is -2.28. The molecular weight excluding hydrogens is 368 g/mol. The summed E-state index contributed by atoms with van der Waals surface area (Å²) in [7, 11) is 1.72. The Morgan fingerprint density at radius 3 is 2.31 bits per heavy atom. The van der Waals surface area contributed by atoms with E-state index in [4.69, 9.17) is 9.47 Å². The molecule has 152 valence electrons. The second-order valence-electron chi connectivity index (χ2n) is 7.87. The fourth-order valence-electron chi connectivity index (χ4n) is 2.95. The van der Waals surface area contributed by atoms with E-state index in [1.807, 2.05) is 63.2 Å². The molecule has 2 aromatic carbocycles. The van der Waals surface area contributed by atoms with Gasteiger partial charge in [-0.25, -0.2) is 9.36 Å². The Balaban J connectivity index is 1.84. The van der Waals surface area contributed by atoms with E-state index < -0.39 is 11.7 Å². The van der Waals surface area contributed by atoms with Gasteiger partial charge in [-0.2, -0.15) is 0 Å². The summed E-state index contributed by atoms with van der Waals surface area (Å²) in [5.41, 5.74) is 1.66. The largest absolute Gasteiger partial charge is 0.487 e. The van der Waals surface area contributed by atoms with E-state index in [1.54, 1.807) is 28.6 Å². The summed E-state index contributed by atoms with van der Waals surface area (Å²) in [6.07, 6.45) is -0.435. The van der Waals surface area contributed by atoms with E-state index in [9.17, 15) is 9.59 Å². The molecule has 0 aliphatic rings. The van der Waals surface area contributed by atoms with Crippen LogP contribution in [0.4, 0.5) is 10.5 Å². The van der Waals surface area contributed by atoms with Gasteiger partial charge in [0.05, 0.1) is 11.2 Å². The number of carbonyl (C=O) groups is 2. The van der Waals surface area contributed by atoms with Crippen molar-refractivity contribution in [3.05, 3.63) is 60.3 Å². The highest BCUT2D eigenvalue weighted by Crippen LogP contribution is 2.24. The summed E-state index contributed by atoms with van der Waals surface area (Å²) in [6.45, 7) is 7.24. The van der Waals surface area contributed by atoms with Gasteiger partial charge in [0.25, 0.3) is 0 Å². The van der Waals surface area contributed by atoms with Gasteiger partial charge in [-0.3, -0.25) is 4.79 Å². The Bertz CT molecular complexity index is 1030. The van der Waals surface area contributed by atoms with Crippen molar-refractivity contribution in [1.82, 2.24) is 4.57 Å². The molecule has 0 fully saturated rings. The van der Waals surface area contributed by atoms with Gasteiger partial charge in [-0.1, -0.05) is 18.2 Å². The summed E-state index contributed by atoms with van der Waals surface area (Å²) in [6, 6.07) is 16.8. The van der Waals surface area contributed by atoms with E-state index in [0.717, 1.165) is 16.6 Å². The normalized spacial score (nSPS) is 11.3. The predicted octanol–water partition coefficient (Wildman–Crippen LogP) is 4.99. The fourth-order valence-corrected chi connectivity index (χ4v) is 2.95. The number of carbonyl (C=O) groups excluding carboxylic acids is 2. The Morgan fingerprint density at radius 1 is 1.03 bits per heavy atom. The van der Waals surface area contributed by atoms with Gasteiger partial charge in [0.2, 0.25) is 5.91 Å². The number of amides is 1. The third kappa shape index (κ3) is 4.77. The summed E-state index contributed by atoms with van der Waals surface area (Å²) < 4.78 is 13.0. The number of rotatable bonds is 4. The Morgan fingerprint density at radius 2 is 1.69 bits per heavy atom. The SMILES string of the molecule is CC(=O)N(C)c1ccc(OCc2cc3ccccc3n2C(=O)OC(C)(C)C)cc1. The quantitative estimate of drug-likeness (QED) is 0.626. The molecule has 29 heavy (non-hydrogen) atoms. The second-order valence-corrected chi connectivity index (χ2v) is 7.87. The average molecular weight is 394 g/mol. The number of ether oxygens (including phenoxy) is 2. The van der Waals surface area contributed by atoms with Crippen LogP contribution in [-0.4, -0.2) is 29.2 Å². The van der Waals surface area contributed by atoms with Crippen LogP contribution in [0.3, 0.4) is 0 Å². The topological polar surface area (TPSA) is 60.8 Å². The summed E-state index contributed by atoms with van der Waals surface area (Å²) >= 11 is 0. The molecule has 0 spiro atoms. The summed E-state index contributed by atoms with van der Waals surface area (Å²) in [4.78, 5) is 25.8. The van der Waals surface area contributed by atoms with Crippen molar-refractivity contribution >= 4 is 28.6 Å². The van der Waals surface area contributed by atoms with Crippen molar-refractivity contribution in [2.75, 3.05) is 11.9 Å². The van der Waals surface area contributed by atoms with Gasteiger partial charge >= 0.3 is 6.09 Å². The number of benzene rings is 2. The molecule has 0 N–H and O–H groups in total. The summed E-state index contributed by atoms with van der Waals surface area (Å²) in [5, 5.41) is 0.940. The molecule has 3 rings (SSSR count). The minimum atomic E-state index is -0.598. The zero-order valence-electron chi connectivity index (χ0n) is 17.4. The molecule has 0 saturated heterocycles. The first-order valence-corrected chi connectivity index (χ1v) is 9.45.